The summed E-state index contributed by atoms with van der Waals surface area (Å²) in [5.74, 6) is -0.640. The Morgan fingerprint density at radius 1 is 1.17 bits per heavy atom. The van der Waals surface area contributed by atoms with Crippen molar-refractivity contribution < 1.29 is 22.4 Å². The molecule has 1 aliphatic carbocycles. The molecule has 1 aromatic carbocycles. The molecule has 2 aromatic rings. The van der Waals surface area contributed by atoms with Crippen molar-refractivity contribution in [3.05, 3.63) is 58.5 Å². The number of piperazine rings is 1. The van der Waals surface area contributed by atoms with Crippen molar-refractivity contribution >= 4 is 23.3 Å². The maximum atomic E-state index is 14.4. The SMILES string of the molecule is O=C1CN(Cc2ccc(C(F)(F)F)cc2)[C@@H](C2CCC2)CN1c1ncc(Cl)cc1F. The zero-order valence-corrected chi connectivity index (χ0v) is 16.8. The van der Waals surface area contributed by atoms with E-state index in [-0.39, 0.29) is 35.9 Å². The van der Waals surface area contributed by atoms with Crippen molar-refractivity contribution in [2.24, 2.45) is 5.92 Å². The van der Waals surface area contributed by atoms with Crippen LogP contribution in [0.25, 0.3) is 0 Å². The molecule has 0 spiro atoms. The van der Waals surface area contributed by atoms with E-state index in [2.05, 4.69) is 4.98 Å². The predicted octanol–water partition coefficient (Wildman–Crippen LogP) is 4.91. The maximum absolute atomic E-state index is 14.4. The van der Waals surface area contributed by atoms with E-state index in [1.54, 1.807) is 0 Å². The molecule has 2 heterocycles. The highest BCUT2D eigenvalue weighted by molar-refractivity contribution is 6.30. The fourth-order valence-corrected chi connectivity index (χ4v) is 4.21. The van der Waals surface area contributed by atoms with Gasteiger partial charge in [0.1, 0.15) is 0 Å². The minimum absolute atomic E-state index is 0.0179. The molecule has 0 radical (unpaired) electrons. The third-order valence-corrected chi connectivity index (χ3v) is 6.09. The van der Waals surface area contributed by atoms with E-state index in [4.69, 9.17) is 11.6 Å². The van der Waals surface area contributed by atoms with E-state index in [0.29, 0.717) is 18.0 Å². The molecule has 9 heteroatoms. The van der Waals surface area contributed by atoms with Crippen molar-refractivity contribution in [3.63, 3.8) is 0 Å². The standard InChI is InChI=1S/C21H20ClF4N3O/c22-16-8-17(23)20(27-9-16)29-11-18(14-2-1-3-14)28(12-19(29)30)10-13-4-6-15(7-5-13)21(24,25)26/h4-9,14,18H,1-3,10-12H2/t18-/m1/s1. The number of carbonyl (C=O) groups is 1. The lowest BCUT2D eigenvalue weighted by molar-refractivity contribution is -0.137. The van der Waals surface area contributed by atoms with Crippen LogP contribution in [-0.2, 0) is 17.5 Å². The molecule has 2 fully saturated rings. The Hall–Kier alpha value is -2.19. The molecule has 30 heavy (non-hydrogen) atoms. The van der Waals surface area contributed by atoms with Crippen molar-refractivity contribution in [1.82, 2.24) is 9.88 Å². The number of carbonyl (C=O) groups excluding carboxylic acids is 1. The number of anilines is 1. The summed E-state index contributed by atoms with van der Waals surface area (Å²) in [4.78, 5) is 20.1. The Bertz CT molecular complexity index is 931. The summed E-state index contributed by atoms with van der Waals surface area (Å²) in [5.41, 5.74) is -0.00338. The van der Waals surface area contributed by atoms with Gasteiger partial charge in [-0.05, 0) is 42.5 Å². The molecule has 1 aromatic heterocycles. The number of aromatic nitrogens is 1. The lowest BCUT2D eigenvalue weighted by Crippen LogP contribution is -2.59. The number of halogens is 5. The first-order valence-electron chi connectivity index (χ1n) is 9.74. The number of nitrogens with zero attached hydrogens (tertiary/aromatic N) is 3. The third-order valence-electron chi connectivity index (χ3n) is 5.88. The quantitative estimate of drug-likeness (QED) is 0.632. The van der Waals surface area contributed by atoms with Crippen LogP contribution in [0.2, 0.25) is 5.02 Å². The van der Waals surface area contributed by atoms with Crippen LogP contribution in [0.4, 0.5) is 23.4 Å². The van der Waals surface area contributed by atoms with Crippen LogP contribution in [0.15, 0.2) is 36.5 Å². The minimum Gasteiger partial charge on any atom is -0.292 e. The molecule has 0 N–H and O–H groups in total. The number of pyridine rings is 1. The number of rotatable bonds is 4. The topological polar surface area (TPSA) is 36.4 Å². The van der Waals surface area contributed by atoms with Crippen LogP contribution < -0.4 is 4.90 Å². The predicted molar refractivity (Wildman–Crippen MR) is 105 cm³/mol. The summed E-state index contributed by atoms with van der Waals surface area (Å²) in [6.45, 7) is 0.692. The smallest absolute Gasteiger partial charge is 0.292 e. The van der Waals surface area contributed by atoms with E-state index in [0.717, 1.165) is 37.5 Å². The molecular formula is C21H20ClF4N3O. The van der Waals surface area contributed by atoms with Crippen LogP contribution in [0.5, 0.6) is 0 Å². The molecule has 2 aliphatic rings. The van der Waals surface area contributed by atoms with Crippen LogP contribution in [0, 0.1) is 11.7 Å². The highest BCUT2D eigenvalue weighted by Crippen LogP contribution is 2.36. The molecule has 1 amide bonds. The van der Waals surface area contributed by atoms with Crippen LogP contribution >= 0.6 is 11.6 Å². The van der Waals surface area contributed by atoms with E-state index in [9.17, 15) is 22.4 Å². The van der Waals surface area contributed by atoms with Crippen LogP contribution in [0.1, 0.15) is 30.4 Å². The van der Waals surface area contributed by atoms with E-state index in [1.807, 2.05) is 4.90 Å². The Morgan fingerprint density at radius 2 is 1.87 bits per heavy atom. The van der Waals surface area contributed by atoms with Gasteiger partial charge in [0.15, 0.2) is 11.6 Å². The summed E-state index contributed by atoms with van der Waals surface area (Å²) >= 11 is 5.77. The monoisotopic (exact) mass is 441 g/mol. The molecule has 160 valence electrons. The molecule has 4 nitrogen and oxygen atoms in total. The number of amides is 1. The fraction of sp³-hybridized carbons (Fsp3) is 0.429. The van der Waals surface area contributed by atoms with Crippen molar-refractivity contribution in [2.75, 3.05) is 18.0 Å². The Labute approximate surface area is 176 Å². The third kappa shape index (κ3) is 4.30. The second-order valence-corrected chi connectivity index (χ2v) is 8.26. The summed E-state index contributed by atoms with van der Waals surface area (Å²) < 4.78 is 52.8. The van der Waals surface area contributed by atoms with Gasteiger partial charge in [0.2, 0.25) is 5.91 Å². The van der Waals surface area contributed by atoms with E-state index >= 15 is 0 Å². The molecule has 4 rings (SSSR count). The van der Waals surface area contributed by atoms with Gasteiger partial charge < -0.3 is 0 Å². The molecule has 0 bridgehead atoms. The molecule has 1 saturated heterocycles. The van der Waals surface area contributed by atoms with E-state index in [1.165, 1.54) is 23.2 Å². The number of alkyl halides is 3. The zero-order valence-electron chi connectivity index (χ0n) is 16.0. The Balaban J connectivity index is 1.54. The first-order valence-corrected chi connectivity index (χ1v) is 10.1. The second-order valence-electron chi connectivity index (χ2n) is 7.82. The average molecular weight is 442 g/mol. The molecule has 0 unspecified atom stereocenters. The largest absolute Gasteiger partial charge is 0.416 e. The number of hydrogen-bond acceptors (Lipinski definition) is 3. The molecule has 1 saturated carbocycles. The van der Waals surface area contributed by atoms with E-state index < -0.39 is 17.6 Å². The van der Waals surface area contributed by atoms with Gasteiger partial charge in [-0.15, -0.1) is 0 Å². The Kier molecular flexibility index (Phi) is 5.72. The van der Waals surface area contributed by atoms with Gasteiger partial charge in [0.25, 0.3) is 0 Å². The first kappa shape index (κ1) is 21.1. The normalized spacial score (nSPS) is 21.0. The molecule has 1 atom stereocenters. The van der Waals surface area contributed by atoms with Gasteiger partial charge in [-0.25, -0.2) is 9.37 Å². The summed E-state index contributed by atoms with van der Waals surface area (Å²) in [6.07, 6.45) is 0.0285. The average Bonchev–Trinajstić information content (AvgIpc) is 2.62. The molecular weight excluding hydrogens is 422 g/mol. The van der Waals surface area contributed by atoms with Crippen molar-refractivity contribution in [1.29, 1.82) is 0 Å². The van der Waals surface area contributed by atoms with Gasteiger partial charge >= 0.3 is 6.18 Å². The van der Waals surface area contributed by atoms with Crippen LogP contribution in [0.3, 0.4) is 0 Å². The van der Waals surface area contributed by atoms with Crippen molar-refractivity contribution in [2.45, 2.75) is 38.0 Å². The van der Waals surface area contributed by atoms with Gasteiger partial charge in [-0.3, -0.25) is 14.6 Å². The number of hydrogen-bond donors (Lipinski definition) is 0. The van der Waals surface area contributed by atoms with Gasteiger partial charge in [0.05, 0.1) is 17.1 Å². The maximum Gasteiger partial charge on any atom is 0.416 e. The fourth-order valence-electron chi connectivity index (χ4n) is 4.07. The lowest BCUT2D eigenvalue weighted by atomic mass is 9.78. The summed E-state index contributed by atoms with van der Waals surface area (Å²) in [5, 5.41) is 0.153. The van der Waals surface area contributed by atoms with Crippen molar-refractivity contribution in [3.8, 4) is 0 Å². The number of benzene rings is 1. The molecule has 1 aliphatic heterocycles. The summed E-state index contributed by atoms with van der Waals surface area (Å²) in [7, 11) is 0. The van der Waals surface area contributed by atoms with Gasteiger partial charge in [0, 0.05) is 25.3 Å². The first-order chi connectivity index (χ1) is 14.2. The minimum atomic E-state index is -4.38. The van der Waals surface area contributed by atoms with Crippen LogP contribution in [-0.4, -0.2) is 34.9 Å². The van der Waals surface area contributed by atoms with Gasteiger partial charge in [-0.1, -0.05) is 30.2 Å². The highest BCUT2D eigenvalue weighted by atomic mass is 35.5. The highest BCUT2D eigenvalue weighted by Gasteiger charge is 2.40. The zero-order chi connectivity index (χ0) is 21.5. The Morgan fingerprint density at radius 3 is 2.43 bits per heavy atom. The van der Waals surface area contributed by atoms with Gasteiger partial charge in [-0.2, -0.15) is 13.2 Å². The second kappa shape index (κ2) is 8.15. The summed E-state index contributed by atoms with van der Waals surface area (Å²) in [6, 6.07) is 6.10. The lowest BCUT2D eigenvalue weighted by Gasteiger charge is -2.46.